The molecule has 0 saturated carbocycles. The van der Waals surface area contributed by atoms with Crippen LogP contribution in [0.3, 0.4) is 0 Å². The topological polar surface area (TPSA) is 139 Å². The number of rotatable bonds is 6. The number of nitrogens with two attached hydrogens (primary N) is 1. The highest BCUT2D eigenvalue weighted by molar-refractivity contribution is 6.11. The fourth-order valence-corrected chi connectivity index (χ4v) is 3.25. The van der Waals surface area contributed by atoms with Crippen molar-refractivity contribution in [2.75, 3.05) is 11.9 Å². The normalized spacial score (nSPS) is 18.1. The van der Waals surface area contributed by atoms with Crippen LogP contribution in [0, 0.1) is 0 Å². The number of para-hydroxylation sites is 1. The lowest BCUT2D eigenvalue weighted by atomic mass is 9.90. The van der Waals surface area contributed by atoms with Crippen molar-refractivity contribution >= 4 is 35.2 Å². The maximum absolute atomic E-state index is 13.0. The van der Waals surface area contributed by atoms with Gasteiger partial charge in [0.05, 0.1) is 5.69 Å². The molecule has 1 saturated heterocycles. The molecule has 1 heterocycles. The number of imide groups is 1. The molecule has 9 heteroatoms. The highest BCUT2D eigenvalue weighted by Gasteiger charge is 2.49. The van der Waals surface area contributed by atoms with E-state index in [1.807, 2.05) is 0 Å². The smallest absolute Gasteiger partial charge is 0.325 e. The highest BCUT2D eigenvalue weighted by atomic mass is 16.2. The van der Waals surface area contributed by atoms with Crippen LogP contribution in [0.2, 0.25) is 0 Å². The highest BCUT2D eigenvalue weighted by Crippen LogP contribution is 2.29. The largest absolute Gasteiger partial charge is 0.366 e. The summed E-state index contributed by atoms with van der Waals surface area (Å²) in [5, 5.41) is 5.12. The number of anilines is 1. The van der Waals surface area contributed by atoms with Crippen LogP contribution in [0.4, 0.5) is 10.5 Å². The molecule has 2 aromatic rings. The van der Waals surface area contributed by atoms with Crippen molar-refractivity contribution in [2.45, 2.75) is 19.4 Å². The van der Waals surface area contributed by atoms with Crippen LogP contribution in [-0.4, -0.2) is 41.0 Å². The zero-order chi connectivity index (χ0) is 22.1. The average Bonchev–Trinajstić information content (AvgIpc) is 2.92. The van der Waals surface area contributed by atoms with Crippen LogP contribution in [0.15, 0.2) is 48.5 Å². The first kappa shape index (κ1) is 20.7. The molecule has 5 amide bonds. The summed E-state index contributed by atoms with van der Waals surface area (Å²) < 4.78 is 0. The Balaban J connectivity index is 1.80. The van der Waals surface area contributed by atoms with Gasteiger partial charge in [0.1, 0.15) is 12.1 Å². The van der Waals surface area contributed by atoms with Gasteiger partial charge in [-0.05, 0) is 43.7 Å². The van der Waals surface area contributed by atoms with Gasteiger partial charge in [0.25, 0.3) is 5.91 Å². The Labute approximate surface area is 172 Å². The summed E-state index contributed by atoms with van der Waals surface area (Å²) in [6, 6.07) is 11.7. The number of primary amides is 1. The minimum Gasteiger partial charge on any atom is -0.366 e. The van der Waals surface area contributed by atoms with E-state index in [0.717, 1.165) is 4.90 Å². The number of benzene rings is 2. The molecular formula is C21H20N4O5. The molecule has 1 unspecified atom stereocenters. The minimum atomic E-state index is -1.46. The SMILES string of the molecule is CC(=O)c1ccccc1NC(=O)CN1C(=O)NC(C)(c2cccc(C(N)=O)c2)C1=O. The Hall–Kier alpha value is -4.01. The summed E-state index contributed by atoms with van der Waals surface area (Å²) in [6.45, 7) is 2.31. The molecule has 4 N–H and O–H groups in total. The molecule has 0 radical (unpaired) electrons. The number of Topliss-reactive ketones (excluding diaryl/α,β-unsaturated/α-hetero) is 1. The number of nitrogens with one attached hydrogen (secondary N) is 2. The number of carbonyl (C=O) groups is 5. The molecule has 3 rings (SSSR count). The molecule has 30 heavy (non-hydrogen) atoms. The van der Waals surface area contributed by atoms with Crippen LogP contribution in [0.25, 0.3) is 0 Å². The van der Waals surface area contributed by atoms with Gasteiger partial charge in [-0.1, -0.05) is 24.3 Å². The number of nitrogens with zero attached hydrogens (tertiary/aromatic N) is 1. The molecule has 9 nitrogen and oxygen atoms in total. The van der Waals surface area contributed by atoms with Crippen LogP contribution < -0.4 is 16.4 Å². The minimum absolute atomic E-state index is 0.188. The first-order valence-electron chi connectivity index (χ1n) is 9.08. The van der Waals surface area contributed by atoms with E-state index >= 15 is 0 Å². The third kappa shape index (κ3) is 3.77. The standard InChI is InChI=1S/C21H20N4O5/c1-12(26)15-8-3-4-9-16(15)23-17(27)11-25-19(29)21(2,24-20(25)30)14-7-5-6-13(10-14)18(22)28/h3-10H,11H2,1-2H3,(H2,22,28)(H,23,27)(H,24,30). The van der Waals surface area contributed by atoms with E-state index in [0.29, 0.717) is 16.8 Å². The summed E-state index contributed by atoms with van der Waals surface area (Å²) in [6.07, 6.45) is 0. The Morgan fingerprint density at radius 1 is 1.10 bits per heavy atom. The maximum Gasteiger partial charge on any atom is 0.325 e. The molecule has 1 atom stereocenters. The summed E-state index contributed by atoms with van der Waals surface area (Å²) in [4.78, 5) is 61.8. The van der Waals surface area contributed by atoms with Crippen molar-refractivity contribution in [2.24, 2.45) is 5.73 Å². The maximum atomic E-state index is 13.0. The Bertz CT molecular complexity index is 1080. The van der Waals surface area contributed by atoms with Crippen molar-refractivity contribution in [1.82, 2.24) is 10.2 Å². The summed E-state index contributed by atoms with van der Waals surface area (Å²) in [7, 11) is 0. The molecule has 0 bridgehead atoms. The van der Waals surface area contributed by atoms with Gasteiger partial charge in [0.2, 0.25) is 11.8 Å². The molecule has 0 aromatic heterocycles. The van der Waals surface area contributed by atoms with Gasteiger partial charge in [-0.25, -0.2) is 4.79 Å². The van der Waals surface area contributed by atoms with Crippen LogP contribution in [-0.2, 0) is 15.1 Å². The third-order valence-electron chi connectivity index (χ3n) is 4.88. The van der Waals surface area contributed by atoms with Gasteiger partial charge in [0, 0.05) is 11.1 Å². The van der Waals surface area contributed by atoms with Gasteiger partial charge in [-0.2, -0.15) is 0 Å². The molecule has 0 spiro atoms. The molecule has 0 aliphatic carbocycles. The second kappa shape index (κ2) is 7.78. The van der Waals surface area contributed by atoms with E-state index < -0.39 is 35.8 Å². The monoisotopic (exact) mass is 408 g/mol. The van der Waals surface area contributed by atoms with Crippen LogP contribution in [0.1, 0.15) is 40.1 Å². The van der Waals surface area contributed by atoms with Crippen LogP contribution >= 0.6 is 0 Å². The van der Waals surface area contributed by atoms with Gasteiger partial charge >= 0.3 is 6.03 Å². The van der Waals surface area contributed by atoms with Gasteiger partial charge in [-0.15, -0.1) is 0 Å². The number of hydrogen-bond donors (Lipinski definition) is 3. The predicted molar refractivity (Wildman–Crippen MR) is 108 cm³/mol. The fraction of sp³-hybridized carbons (Fsp3) is 0.190. The second-order valence-corrected chi connectivity index (χ2v) is 7.04. The molecule has 1 aliphatic rings. The van der Waals surface area contributed by atoms with E-state index in [1.54, 1.807) is 36.4 Å². The third-order valence-corrected chi connectivity index (χ3v) is 4.88. The lowest BCUT2D eigenvalue weighted by Crippen LogP contribution is -2.42. The van der Waals surface area contributed by atoms with E-state index in [1.165, 1.54) is 26.0 Å². The van der Waals surface area contributed by atoms with E-state index in [9.17, 15) is 24.0 Å². The number of carbonyl (C=O) groups excluding carboxylic acids is 5. The lowest BCUT2D eigenvalue weighted by Gasteiger charge is -2.22. The van der Waals surface area contributed by atoms with Crippen molar-refractivity contribution in [3.63, 3.8) is 0 Å². The zero-order valence-electron chi connectivity index (χ0n) is 16.4. The van der Waals surface area contributed by atoms with Crippen molar-refractivity contribution in [3.05, 3.63) is 65.2 Å². The Kier molecular flexibility index (Phi) is 5.37. The molecule has 154 valence electrons. The van der Waals surface area contributed by atoms with E-state index in [4.69, 9.17) is 5.73 Å². The van der Waals surface area contributed by atoms with Gasteiger partial charge in [-0.3, -0.25) is 24.1 Å². The van der Waals surface area contributed by atoms with E-state index in [2.05, 4.69) is 10.6 Å². The molecule has 2 aromatic carbocycles. The Morgan fingerprint density at radius 3 is 2.47 bits per heavy atom. The Morgan fingerprint density at radius 2 is 1.80 bits per heavy atom. The quantitative estimate of drug-likeness (QED) is 0.490. The first-order valence-corrected chi connectivity index (χ1v) is 9.08. The number of ketones is 1. The van der Waals surface area contributed by atoms with Crippen molar-refractivity contribution in [3.8, 4) is 0 Å². The number of hydrogen-bond acceptors (Lipinski definition) is 5. The van der Waals surface area contributed by atoms with E-state index in [-0.39, 0.29) is 11.3 Å². The van der Waals surface area contributed by atoms with Crippen LogP contribution in [0.5, 0.6) is 0 Å². The first-order chi connectivity index (χ1) is 14.1. The lowest BCUT2D eigenvalue weighted by molar-refractivity contribution is -0.133. The van der Waals surface area contributed by atoms with Gasteiger partial charge in [0.15, 0.2) is 5.78 Å². The summed E-state index contributed by atoms with van der Waals surface area (Å²) >= 11 is 0. The number of urea groups is 1. The van der Waals surface area contributed by atoms with Gasteiger partial charge < -0.3 is 16.4 Å². The molecule has 1 fully saturated rings. The molecule has 1 aliphatic heterocycles. The summed E-state index contributed by atoms with van der Waals surface area (Å²) in [5.74, 6) is -2.19. The predicted octanol–water partition coefficient (Wildman–Crippen LogP) is 1.39. The molecular weight excluding hydrogens is 388 g/mol. The van der Waals surface area contributed by atoms with Crippen molar-refractivity contribution < 1.29 is 24.0 Å². The summed E-state index contributed by atoms with van der Waals surface area (Å²) in [5.41, 5.74) is 4.99. The zero-order valence-corrected chi connectivity index (χ0v) is 16.4. The fourth-order valence-electron chi connectivity index (χ4n) is 3.25. The average molecular weight is 408 g/mol. The number of amides is 5. The second-order valence-electron chi connectivity index (χ2n) is 7.04. The van der Waals surface area contributed by atoms with Crippen molar-refractivity contribution in [1.29, 1.82) is 0 Å².